The first-order valence-electron chi connectivity index (χ1n) is 6.40. The van der Waals surface area contributed by atoms with E-state index in [2.05, 4.69) is 37.3 Å². The van der Waals surface area contributed by atoms with Crippen LogP contribution in [0.15, 0.2) is 6.07 Å². The van der Waals surface area contributed by atoms with Gasteiger partial charge in [-0.05, 0) is 26.0 Å². The molecule has 0 saturated carbocycles. The summed E-state index contributed by atoms with van der Waals surface area (Å²) in [5.41, 5.74) is 2.45. The fourth-order valence-electron chi connectivity index (χ4n) is 2.12. The van der Waals surface area contributed by atoms with Gasteiger partial charge in [-0.1, -0.05) is 26.7 Å². The molecule has 1 heterocycles. The monoisotopic (exact) mass is 223 g/mol. The van der Waals surface area contributed by atoms with Gasteiger partial charge < -0.3 is 5.32 Å². The lowest BCUT2D eigenvalue weighted by atomic mass is 10.0. The Bertz CT molecular complexity index is 304. The van der Waals surface area contributed by atoms with Gasteiger partial charge in [-0.25, -0.2) is 0 Å². The number of hydrogen-bond acceptors (Lipinski definition) is 2. The zero-order valence-electron chi connectivity index (χ0n) is 11.1. The van der Waals surface area contributed by atoms with E-state index in [9.17, 15) is 0 Å². The maximum atomic E-state index is 4.39. The smallest absolute Gasteiger partial charge is 0.0596 e. The molecule has 1 unspecified atom stereocenters. The van der Waals surface area contributed by atoms with E-state index < -0.39 is 0 Å². The van der Waals surface area contributed by atoms with Gasteiger partial charge in [-0.15, -0.1) is 0 Å². The summed E-state index contributed by atoms with van der Waals surface area (Å²) in [6.07, 6.45) is 4.92. The quantitative estimate of drug-likeness (QED) is 0.769. The van der Waals surface area contributed by atoms with Crippen molar-refractivity contribution in [2.24, 2.45) is 7.05 Å². The van der Waals surface area contributed by atoms with Crippen molar-refractivity contribution in [1.29, 1.82) is 0 Å². The van der Waals surface area contributed by atoms with E-state index in [1.807, 2.05) is 11.7 Å². The van der Waals surface area contributed by atoms with Crippen molar-refractivity contribution in [1.82, 2.24) is 15.1 Å². The van der Waals surface area contributed by atoms with Crippen molar-refractivity contribution in [2.75, 3.05) is 6.54 Å². The molecule has 1 aromatic rings. The van der Waals surface area contributed by atoms with Crippen LogP contribution in [0.3, 0.4) is 0 Å². The second kappa shape index (κ2) is 6.69. The highest BCUT2D eigenvalue weighted by atomic mass is 15.3. The minimum Gasteiger partial charge on any atom is -0.314 e. The number of nitrogens with zero attached hydrogens (tertiary/aromatic N) is 2. The first kappa shape index (κ1) is 13.2. The summed E-state index contributed by atoms with van der Waals surface area (Å²) in [5, 5.41) is 7.95. The Balaban J connectivity index is 2.56. The molecular formula is C13H25N3. The number of rotatable bonds is 7. The summed E-state index contributed by atoms with van der Waals surface area (Å²) in [5.74, 6) is 0. The maximum absolute atomic E-state index is 4.39. The van der Waals surface area contributed by atoms with Crippen LogP contribution in [-0.4, -0.2) is 22.4 Å². The Kier molecular flexibility index (Phi) is 5.53. The number of nitrogens with one attached hydrogen (secondary N) is 1. The second-order valence-electron chi connectivity index (χ2n) is 4.50. The third-order valence-corrected chi connectivity index (χ3v) is 2.95. The van der Waals surface area contributed by atoms with E-state index in [0.29, 0.717) is 6.04 Å². The minimum absolute atomic E-state index is 0.597. The van der Waals surface area contributed by atoms with Crippen molar-refractivity contribution in [3.05, 3.63) is 17.5 Å². The van der Waals surface area contributed by atoms with Gasteiger partial charge in [-0.3, -0.25) is 4.68 Å². The van der Waals surface area contributed by atoms with Crippen LogP contribution in [0.2, 0.25) is 0 Å². The lowest BCUT2D eigenvalue weighted by Gasteiger charge is -2.17. The normalized spacial score (nSPS) is 13.0. The molecular weight excluding hydrogens is 198 g/mol. The van der Waals surface area contributed by atoms with Crippen LogP contribution in [0.25, 0.3) is 0 Å². The maximum Gasteiger partial charge on any atom is 0.0596 e. The van der Waals surface area contributed by atoms with Gasteiger partial charge in [0.25, 0.3) is 0 Å². The predicted octanol–water partition coefficient (Wildman–Crippen LogP) is 2.44. The molecule has 3 nitrogen and oxygen atoms in total. The number of aromatic nitrogens is 2. The Morgan fingerprint density at radius 1 is 1.44 bits per heavy atom. The lowest BCUT2D eigenvalue weighted by molar-refractivity contribution is 0.462. The Labute approximate surface area is 99.2 Å². The van der Waals surface area contributed by atoms with Gasteiger partial charge in [0.05, 0.1) is 5.69 Å². The highest BCUT2D eigenvalue weighted by Crippen LogP contribution is 2.09. The summed E-state index contributed by atoms with van der Waals surface area (Å²) in [4.78, 5) is 0. The predicted molar refractivity (Wildman–Crippen MR) is 68.6 cm³/mol. The summed E-state index contributed by atoms with van der Waals surface area (Å²) < 4.78 is 2.01. The van der Waals surface area contributed by atoms with Gasteiger partial charge in [-0.2, -0.15) is 5.10 Å². The molecule has 16 heavy (non-hydrogen) atoms. The third kappa shape index (κ3) is 3.97. The van der Waals surface area contributed by atoms with Gasteiger partial charge in [0.2, 0.25) is 0 Å². The van der Waals surface area contributed by atoms with Crippen molar-refractivity contribution in [3.8, 4) is 0 Å². The first-order valence-corrected chi connectivity index (χ1v) is 6.40. The van der Waals surface area contributed by atoms with Crippen LogP contribution < -0.4 is 5.32 Å². The van der Waals surface area contributed by atoms with Gasteiger partial charge in [0.15, 0.2) is 0 Å². The zero-order valence-corrected chi connectivity index (χ0v) is 11.1. The molecule has 1 N–H and O–H groups in total. The lowest BCUT2D eigenvalue weighted by Crippen LogP contribution is -2.31. The highest BCUT2D eigenvalue weighted by Gasteiger charge is 2.11. The molecule has 0 aliphatic heterocycles. The molecule has 1 aromatic heterocycles. The number of aryl methyl sites for hydroxylation is 2. The second-order valence-corrected chi connectivity index (χ2v) is 4.50. The number of hydrogen-bond donors (Lipinski definition) is 1. The molecule has 1 rings (SSSR count). The number of unbranched alkanes of at least 4 members (excludes halogenated alkanes) is 1. The van der Waals surface area contributed by atoms with Crippen molar-refractivity contribution >= 4 is 0 Å². The van der Waals surface area contributed by atoms with E-state index in [-0.39, 0.29) is 0 Å². The molecule has 92 valence electrons. The fourth-order valence-corrected chi connectivity index (χ4v) is 2.12. The molecule has 0 bridgehead atoms. The van der Waals surface area contributed by atoms with Crippen LogP contribution in [0.4, 0.5) is 0 Å². The molecule has 0 aliphatic rings. The van der Waals surface area contributed by atoms with Gasteiger partial charge in [0, 0.05) is 25.2 Å². The SMILES string of the molecule is CCCCC(Cc1cc(C)nn1C)NCC. The summed E-state index contributed by atoms with van der Waals surface area (Å²) in [6, 6.07) is 2.79. The van der Waals surface area contributed by atoms with E-state index in [0.717, 1.165) is 18.7 Å². The average Bonchev–Trinajstić information content (AvgIpc) is 2.54. The van der Waals surface area contributed by atoms with Crippen molar-refractivity contribution in [2.45, 2.75) is 52.5 Å². The summed E-state index contributed by atoms with van der Waals surface area (Å²) in [7, 11) is 2.03. The van der Waals surface area contributed by atoms with Gasteiger partial charge >= 0.3 is 0 Å². The van der Waals surface area contributed by atoms with Crippen LogP contribution in [-0.2, 0) is 13.5 Å². The van der Waals surface area contributed by atoms with Crippen molar-refractivity contribution < 1.29 is 0 Å². The van der Waals surface area contributed by atoms with E-state index >= 15 is 0 Å². The Morgan fingerprint density at radius 2 is 2.19 bits per heavy atom. The van der Waals surface area contributed by atoms with Gasteiger partial charge in [0.1, 0.15) is 0 Å². The standard InChI is InChI=1S/C13H25N3/c1-5-7-8-12(14-6-2)10-13-9-11(3)15-16(13)4/h9,12,14H,5-8,10H2,1-4H3. The molecule has 0 aromatic carbocycles. The largest absolute Gasteiger partial charge is 0.314 e. The van der Waals surface area contributed by atoms with Crippen LogP contribution >= 0.6 is 0 Å². The van der Waals surface area contributed by atoms with Crippen molar-refractivity contribution in [3.63, 3.8) is 0 Å². The van der Waals surface area contributed by atoms with E-state index in [1.54, 1.807) is 0 Å². The van der Waals surface area contributed by atoms with Crippen LogP contribution in [0.5, 0.6) is 0 Å². The molecule has 0 aliphatic carbocycles. The Morgan fingerprint density at radius 3 is 2.69 bits per heavy atom. The first-order chi connectivity index (χ1) is 7.67. The third-order valence-electron chi connectivity index (χ3n) is 2.95. The molecule has 0 spiro atoms. The highest BCUT2D eigenvalue weighted by molar-refractivity contribution is 5.10. The molecule has 0 radical (unpaired) electrons. The molecule has 3 heteroatoms. The molecule has 0 saturated heterocycles. The summed E-state index contributed by atoms with van der Waals surface area (Å²) in [6.45, 7) is 7.52. The van der Waals surface area contributed by atoms with E-state index in [1.165, 1.54) is 25.0 Å². The average molecular weight is 223 g/mol. The minimum atomic E-state index is 0.597. The number of likely N-dealkylation sites (N-methyl/N-ethyl adjacent to an activating group) is 1. The Hall–Kier alpha value is -0.830. The zero-order chi connectivity index (χ0) is 12.0. The molecule has 0 fully saturated rings. The molecule has 1 atom stereocenters. The van der Waals surface area contributed by atoms with E-state index in [4.69, 9.17) is 0 Å². The topological polar surface area (TPSA) is 29.9 Å². The van der Waals surface area contributed by atoms with Crippen LogP contribution in [0, 0.1) is 6.92 Å². The summed E-state index contributed by atoms with van der Waals surface area (Å²) >= 11 is 0. The fraction of sp³-hybridized carbons (Fsp3) is 0.769. The molecule has 0 amide bonds. The van der Waals surface area contributed by atoms with Crippen LogP contribution in [0.1, 0.15) is 44.5 Å².